The number of hydrogen-bond acceptors (Lipinski definition) is 2. The minimum Gasteiger partial charge on any atom is -0.497 e. The number of rotatable bonds is 2. The van der Waals surface area contributed by atoms with Gasteiger partial charge in [-0.2, -0.15) is 0 Å². The lowest BCUT2D eigenvalue weighted by Crippen LogP contribution is -2.37. The highest BCUT2D eigenvalue weighted by molar-refractivity contribution is 5.85. The van der Waals surface area contributed by atoms with Crippen LogP contribution in [0.4, 0.5) is 0 Å². The molecule has 3 heteroatoms. The van der Waals surface area contributed by atoms with Gasteiger partial charge < -0.3 is 10.1 Å². The van der Waals surface area contributed by atoms with Gasteiger partial charge in [-0.25, -0.2) is 0 Å². The molecule has 2 heterocycles. The Morgan fingerprint density at radius 3 is 2.53 bits per heavy atom. The van der Waals surface area contributed by atoms with Crippen LogP contribution in [0.3, 0.4) is 0 Å². The van der Waals surface area contributed by atoms with Crippen LogP contribution in [0, 0.1) is 0 Å². The summed E-state index contributed by atoms with van der Waals surface area (Å²) < 4.78 is 5.30. The largest absolute Gasteiger partial charge is 0.497 e. The molecule has 2 atom stereocenters. The molecule has 2 aliphatic rings. The molecule has 1 aromatic rings. The van der Waals surface area contributed by atoms with Gasteiger partial charge in [0.1, 0.15) is 5.75 Å². The smallest absolute Gasteiger partial charge is 0.119 e. The van der Waals surface area contributed by atoms with E-state index in [-0.39, 0.29) is 12.4 Å². The molecule has 2 aliphatic heterocycles. The van der Waals surface area contributed by atoms with Gasteiger partial charge in [0.15, 0.2) is 0 Å². The summed E-state index contributed by atoms with van der Waals surface area (Å²) in [6.07, 6.45) is 5.32. The van der Waals surface area contributed by atoms with Crippen LogP contribution in [0.25, 0.3) is 0 Å². The monoisotopic (exact) mass is 253 g/mol. The molecule has 2 bridgehead atoms. The number of ether oxygens (including phenoxy) is 1. The molecule has 3 rings (SSSR count). The molecular formula is C14H20ClNO. The second-order valence-electron chi connectivity index (χ2n) is 5.08. The van der Waals surface area contributed by atoms with Crippen LogP contribution in [0.2, 0.25) is 0 Å². The lowest BCUT2D eigenvalue weighted by molar-refractivity contribution is 0.361. The Labute approximate surface area is 109 Å². The molecule has 2 unspecified atom stereocenters. The Bertz CT molecular complexity index is 370. The first kappa shape index (κ1) is 12.7. The highest BCUT2D eigenvalue weighted by Gasteiger charge is 2.33. The van der Waals surface area contributed by atoms with Gasteiger partial charge in [0.25, 0.3) is 0 Å². The lowest BCUT2D eigenvalue weighted by Gasteiger charge is -2.29. The van der Waals surface area contributed by atoms with Crippen LogP contribution in [0.1, 0.15) is 37.2 Å². The number of piperidine rings is 1. The lowest BCUT2D eigenvalue weighted by atomic mass is 9.86. The Balaban J connectivity index is 0.00000108. The molecule has 0 saturated carbocycles. The summed E-state index contributed by atoms with van der Waals surface area (Å²) in [6, 6.07) is 10.1. The van der Waals surface area contributed by atoms with E-state index >= 15 is 0 Å². The fraction of sp³-hybridized carbons (Fsp3) is 0.571. The highest BCUT2D eigenvalue weighted by Crippen LogP contribution is 2.37. The summed E-state index contributed by atoms with van der Waals surface area (Å²) in [5.41, 5.74) is 1.46. The Morgan fingerprint density at radius 1 is 1.18 bits per heavy atom. The number of fused-ring (bicyclic) bond motifs is 2. The molecule has 1 N–H and O–H groups in total. The van der Waals surface area contributed by atoms with E-state index in [9.17, 15) is 0 Å². The third kappa shape index (κ3) is 2.58. The van der Waals surface area contributed by atoms with E-state index in [1.165, 1.54) is 31.2 Å². The van der Waals surface area contributed by atoms with Gasteiger partial charge >= 0.3 is 0 Å². The van der Waals surface area contributed by atoms with E-state index < -0.39 is 0 Å². The average molecular weight is 254 g/mol. The van der Waals surface area contributed by atoms with Gasteiger partial charge in [-0.05, 0) is 49.3 Å². The molecule has 94 valence electrons. The summed E-state index contributed by atoms with van der Waals surface area (Å²) in [7, 11) is 1.74. The van der Waals surface area contributed by atoms with Gasteiger partial charge in [0, 0.05) is 12.1 Å². The molecule has 2 nitrogen and oxygen atoms in total. The van der Waals surface area contributed by atoms with Crippen LogP contribution < -0.4 is 10.1 Å². The molecule has 0 aliphatic carbocycles. The number of methoxy groups -OCH3 is 1. The van der Waals surface area contributed by atoms with E-state index in [2.05, 4.69) is 23.5 Å². The maximum atomic E-state index is 5.30. The minimum atomic E-state index is 0. The number of nitrogens with one attached hydrogen (secondary N) is 1. The average Bonchev–Trinajstić information content (AvgIpc) is 2.68. The summed E-state index contributed by atoms with van der Waals surface area (Å²) >= 11 is 0. The zero-order valence-corrected chi connectivity index (χ0v) is 11.0. The second kappa shape index (κ2) is 5.28. The SMILES string of the molecule is COc1cccc(C2CC3CCC(C2)N3)c1.Cl. The Kier molecular flexibility index (Phi) is 3.95. The fourth-order valence-corrected chi connectivity index (χ4v) is 3.22. The predicted molar refractivity (Wildman–Crippen MR) is 72.2 cm³/mol. The first-order valence-corrected chi connectivity index (χ1v) is 6.25. The molecule has 0 aromatic heterocycles. The van der Waals surface area contributed by atoms with Gasteiger partial charge in [-0.3, -0.25) is 0 Å². The first-order chi connectivity index (χ1) is 7.85. The zero-order valence-electron chi connectivity index (χ0n) is 10.2. The molecule has 1 aromatic carbocycles. The minimum absolute atomic E-state index is 0. The predicted octanol–water partition coefficient (Wildman–Crippen LogP) is 3.12. The molecule has 0 radical (unpaired) electrons. The normalized spacial score (nSPS) is 30.8. The zero-order chi connectivity index (χ0) is 11.0. The second-order valence-corrected chi connectivity index (χ2v) is 5.08. The molecule has 17 heavy (non-hydrogen) atoms. The van der Waals surface area contributed by atoms with Gasteiger partial charge in [0.05, 0.1) is 7.11 Å². The summed E-state index contributed by atoms with van der Waals surface area (Å²) in [5.74, 6) is 1.72. The van der Waals surface area contributed by atoms with Crippen molar-refractivity contribution in [1.82, 2.24) is 5.32 Å². The molecular weight excluding hydrogens is 234 g/mol. The van der Waals surface area contributed by atoms with Crippen LogP contribution in [0.5, 0.6) is 5.75 Å². The van der Waals surface area contributed by atoms with Crippen molar-refractivity contribution in [1.29, 1.82) is 0 Å². The summed E-state index contributed by atoms with van der Waals surface area (Å²) in [4.78, 5) is 0. The van der Waals surface area contributed by atoms with Crippen LogP contribution in [-0.4, -0.2) is 19.2 Å². The van der Waals surface area contributed by atoms with E-state index in [0.717, 1.165) is 23.8 Å². The molecule has 0 spiro atoms. The van der Waals surface area contributed by atoms with E-state index in [1.807, 2.05) is 6.07 Å². The third-order valence-corrected chi connectivity index (χ3v) is 4.04. The first-order valence-electron chi connectivity index (χ1n) is 6.25. The van der Waals surface area contributed by atoms with Crippen LogP contribution in [0.15, 0.2) is 24.3 Å². The van der Waals surface area contributed by atoms with E-state index in [1.54, 1.807) is 7.11 Å². The number of halogens is 1. The molecule has 2 fully saturated rings. The molecule has 0 amide bonds. The summed E-state index contributed by atoms with van der Waals surface area (Å²) in [5, 5.41) is 3.69. The van der Waals surface area contributed by atoms with Crippen LogP contribution in [-0.2, 0) is 0 Å². The van der Waals surface area contributed by atoms with Crippen molar-refractivity contribution in [2.24, 2.45) is 0 Å². The van der Waals surface area contributed by atoms with Crippen molar-refractivity contribution in [3.05, 3.63) is 29.8 Å². The highest BCUT2D eigenvalue weighted by atomic mass is 35.5. The standard InChI is InChI=1S/C14H19NO.ClH/c1-16-14-4-2-3-10(9-14)11-7-12-5-6-13(8-11)15-12;/h2-4,9,11-13,15H,5-8H2,1H3;1H. The van der Waals surface area contributed by atoms with Crippen molar-refractivity contribution in [3.8, 4) is 5.75 Å². The third-order valence-electron chi connectivity index (χ3n) is 4.04. The maximum absolute atomic E-state index is 5.30. The van der Waals surface area contributed by atoms with Crippen molar-refractivity contribution in [2.75, 3.05) is 7.11 Å². The van der Waals surface area contributed by atoms with E-state index in [0.29, 0.717) is 0 Å². The van der Waals surface area contributed by atoms with Crippen molar-refractivity contribution in [2.45, 2.75) is 43.7 Å². The Hall–Kier alpha value is -0.730. The number of hydrogen-bond donors (Lipinski definition) is 1. The van der Waals surface area contributed by atoms with Gasteiger partial charge in [0.2, 0.25) is 0 Å². The topological polar surface area (TPSA) is 21.3 Å². The van der Waals surface area contributed by atoms with Crippen molar-refractivity contribution < 1.29 is 4.74 Å². The number of benzene rings is 1. The van der Waals surface area contributed by atoms with Crippen molar-refractivity contribution in [3.63, 3.8) is 0 Å². The van der Waals surface area contributed by atoms with Gasteiger partial charge in [-0.15, -0.1) is 12.4 Å². The summed E-state index contributed by atoms with van der Waals surface area (Å²) in [6.45, 7) is 0. The fourth-order valence-electron chi connectivity index (χ4n) is 3.22. The van der Waals surface area contributed by atoms with Crippen LogP contribution >= 0.6 is 12.4 Å². The van der Waals surface area contributed by atoms with E-state index in [4.69, 9.17) is 4.74 Å². The van der Waals surface area contributed by atoms with Gasteiger partial charge in [-0.1, -0.05) is 12.1 Å². The molecule has 2 saturated heterocycles. The quantitative estimate of drug-likeness (QED) is 0.875. The van der Waals surface area contributed by atoms with Crippen molar-refractivity contribution >= 4 is 12.4 Å². The Morgan fingerprint density at radius 2 is 1.88 bits per heavy atom. The maximum Gasteiger partial charge on any atom is 0.119 e.